The third kappa shape index (κ3) is 3.41. The number of ether oxygens (including phenoxy) is 1. The molecule has 2 rings (SSSR count). The minimum atomic E-state index is -0.125. The van der Waals surface area contributed by atoms with Gasteiger partial charge in [-0.05, 0) is 51.5 Å². The minimum Gasteiger partial charge on any atom is -0.371 e. The summed E-state index contributed by atoms with van der Waals surface area (Å²) in [6, 6.07) is 0.330. The molecule has 1 atom stereocenters. The summed E-state index contributed by atoms with van der Waals surface area (Å²) in [6.07, 6.45) is 5.85. The van der Waals surface area contributed by atoms with Crippen LogP contribution in [0.25, 0.3) is 0 Å². The number of thiazole rings is 1. The topological polar surface area (TPSA) is 34.1 Å². The van der Waals surface area contributed by atoms with E-state index in [-0.39, 0.29) is 5.60 Å². The van der Waals surface area contributed by atoms with Crippen LogP contribution >= 0.6 is 11.3 Å². The smallest absolute Gasteiger partial charge is 0.125 e. The van der Waals surface area contributed by atoms with Crippen LogP contribution in [0.2, 0.25) is 0 Å². The number of hydrogen-bond donors (Lipinski definition) is 1. The molecule has 0 aromatic carbocycles. The molecule has 0 saturated heterocycles. The highest BCUT2D eigenvalue weighted by molar-refractivity contribution is 7.09. The van der Waals surface area contributed by atoms with Crippen molar-refractivity contribution in [3.8, 4) is 0 Å². The van der Waals surface area contributed by atoms with E-state index >= 15 is 0 Å². The van der Waals surface area contributed by atoms with E-state index in [9.17, 15) is 0 Å². The summed E-state index contributed by atoms with van der Waals surface area (Å²) >= 11 is 1.77. The molecule has 1 N–H and O–H groups in total. The second kappa shape index (κ2) is 7.01. The number of aromatic nitrogens is 1. The zero-order valence-corrected chi connectivity index (χ0v) is 14.1. The predicted molar refractivity (Wildman–Crippen MR) is 85.1 cm³/mol. The molecule has 1 aliphatic carbocycles. The first-order chi connectivity index (χ1) is 9.61. The monoisotopic (exact) mass is 296 g/mol. The van der Waals surface area contributed by atoms with Crippen molar-refractivity contribution in [1.82, 2.24) is 10.3 Å². The van der Waals surface area contributed by atoms with Gasteiger partial charge in [-0.25, -0.2) is 4.98 Å². The first-order valence-electron chi connectivity index (χ1n) is 7.85. The predicted octanol–water partition coefficient (Wildman–Crippen LogP) is 4.26. The first kappa shape index (κ1) is 15.9. The van der Waals surface area contributed by atoms with E-state index in [0.29, 0.717) is 6.04 Å². The van der Waals surface area contributed by atoms with Gasteiger partial charge in [-0.1, -0.05) is 13.8 Å². The molecule has 1 fully saturated rings. The van der Waals surface area contributed by atoms with Crippen molar-refractivity contribution in [2.24, 2.45) is 5.92 Å². The molecular weight excluding hydrogens is 268 g/mol. The molecule has 1 aliphatic rings. The Kier molecular flexibility index (Phi) is 5.58. The molecule has 4 heteroatoms. The average Bonchev–Trinajstić information content (AvgIpc) is 2.96. The van der Waals surface area contributed by atoms with E-state index in [1.165, 1.54) is 17.8 Å². The molecule has 0 aliphatic heterocycles. The van der Waals surface area contributed by atoms with Crippen LogP contribution in [-0.4, -0.2) is 18.6 Å². The second-order valence-corrected chi connectivity index (χ2v) is 6.99. The van der Waals surface area contributed by atoms with Gasteiger partial charge in [0, 0.05) is 18.5 Å². The molecule has 0 amide bonds. The Morgan fingerprint density at radius 1 is 1.50 bits per heavy atom. The van der Waals surface area contributed by atoms with Crippen LogP contribution in [0.1, 0.15) is 69.6 Å². The Morgan fingerprint density at radius 2 is 2.20 bits per heavy atom. The Hall–Kier alpha value is -0.450. The fourth-order valence-electron chi connectivity index (χ4n) is 2.89. The van der Waals surface area contributed by atoms with Gasteiger partial charge in [-0.15, -0.1) is 11.3 Å². The molecule has 3 nitrogen and oxygen atoms in total. The summed E-state index contributed by atoms with van der Waals surface area (Å²) in [6.45, 7) is 7.76. The lowest BCUT2D eigenvalue weighted by molar-refractivity contribution is -0.0532. The molecule has 114 valence electrons. The van der Waals surface area contributed by atoms with E-state index in [0.717, 1.165) is 37.4 Å². The van der Waals surface area contributed by atoms with Gasteiger partial charge in [0.1, 0.15) is 10.6 Å². The molecule has 1 saturated carbocycles. The van der Waals surface area contributed by atoms with Crippen LogP contribution in [0, 0.1) is 5.92 Å². The van der Waals surface area contributed by atoms with Gasteiger partial charge in [0.05, 0.1) is 5.69 Å². The third-order valence-electron chi connectivity index (χ3n) is 4.53. The average molecular weight is 296 g/mol. The lowest BCUT2D eigenvalue weighted by atomic mass is 9.80. The third-order valence-corrected chi connectivity index (χ3v) is 5.57. The summed E-state index contributed by atoms with van der Waals surface area (Å²) in [5.41, 5.74) is 1.04. The van der Waals surface area contributed by atoms with Crippen LogP contribution in [0.15, 0.2) is 5.38 Å². The van der Waals surface area contributed by atoms with E-state index in [1.54, 1.807) is 11.3 Å². The Bertz CT molecular complexity index is 410. The highest BCUT2D eigenvalue weighted by Gasteiger charge is 2.38. The number of methoxy groups -OCH3 is 1. The molecule has 0 spiro atoms. The molecule has 1 unspecified atom stereocenters. The van der Waals surface area contributed by atoms with Crippen LogP contribution in [0.3, 0.4) is 0 Å². The summed E-state index contributed by atoms with van der Waals surface area (Å²) in [5.74, 6) is 0.822. The minimum absolute atomic E-state index is 0.125. The molecule has 0 bridgehead atoms. The van der Waals surface area contributed by atoms with Crippen molar-refractivity contribution in [2.75, 3.05) is 13.7 Å². The zero-order valence-electron chi connectivity index (χ0n) is 13.2. The van der Waals surface area contributed by atoms with Gasteiger partial charge in [0.2, 0.25) is 0 Å². The maximum Gasteiger partial charge on any atom is 0.125 e. The van der Waals surface area contributed by atoms with Crippen LogP contribution in [0.5, 0.6) is 0 Å². The maximum absolute atomic E-state index is 5.91. The highest BCUT2D eigenvalue weighted by atomic mass is 32.1. The molecule has 1 aromatic rings. The van der Waals surface area contributed by atoms with Gasteiger partial charge < -0.3 is 10.1 Å². The van der Waals surface area contributed by atoms with Crippen molar-refractivity contribution < 1.29 is 4.74 Å². The number of nitrogens with zero attached hydrogens (tertiary/aromatic N) is 1. The van der Waals surface area contributed by atoms with Crippen molar-refractivity contribution in [2.45, 2.75) is 64.5 Å². The lowest BCUT2D eigenvalue weighted by Crippen LogP contribution is -2.33. The van der Waals surface area contributed by atoms with Crippen LogP contribution < -0.4 is 5.32 Å². The lowest BCUT2D eigenvalue weighted by Gasteiger charge is -2.36. The molecular formula is C16H28N2OS. The molecule has 1 heterocycles. The molecule has 1 aromatic heterocycles. The highest BCUT2D eigenvalue weighted by Crippen LogP contribution is 2.43. The largest absolute Gasteiger partial charge is 0.371 e. The number of rotatable bonds is 6. The van der Waals surface area contributed by atoms with E-state index in [4.69, 9.17) is 9.72 Å². The van der Waals surface area contributed by atoms with Crippen molar-refractivity contribution in [1.29, 1.82) is 0 Å². The van der Waals surface area contributed by atoms with Crippen molar-refractivity contribution in [3.05, 3.63) is 16.1 Å². The summed E-state index contributed by atoms with van der Waals surface area (Å²) in [4.78, 5) is 4.89. The van der Waals surface area contributed by atoms with Gasteiger partial charge in [-0.2, -0.15) is 0 Å². The summed E-state index contributed by atoms with van der Waals surface area (Å²) < 4.78 is 5.91. The fourth-order valence-corrected chi connectivity index (χ4v) is 4.04. The number of nitrogens with one attached hydrogen (secondary N) is 1. The normalized spacial score (nSPS) is 28.5. The Balaban J connectivity index is 2.10. The molecule has 20 heavy (non-hydrogen) atoms. The first-order valence-corrected chi connectivity index (χ1v) is 8.73. The van der Waals surface area contributed by atoms with Gasteiger partial charge in [0.25, 0.3) is 0 Å². The Morgan fingerprint density at radius 3 is 2.80 bits per heavy atom. The molecule has 0 radical (unpaired) electrons. The van der Waals surface area contributed by atoms with Gasteiger partial charge >= 0.3 is 0 Å². The number of hydrogen-bond acceptors (Lipinski definition) is 4. The van der Waals surface area contributed by atoms with Gasteiger partial charge in [-0.3, -0.25) is 0 Å². The van der Waals surface area contributed by atoms with Gasteiger partial charge in [0.15, 0.2) is 0 Å². The summed E-state index contributed by atoms with van der Waals surface area (Å²) in [7, 11) is 1.84. The van der Waals surface area contributed by atoms with E-state index in [2.05, 4.69) is 31.5 Å². The summed E-state index contributed by atoms with van der Waals surface area (Å²) in [5, 5.41) is 6.87. The van der Waals surface area contributed by atoms with E-state index in [1.807, 2.05) is 7.11 Å². The van der Waals surface area contributed by atoms with Crippen molar-refractivity contribution >= 4 is 11.3 Å². The van der Waals surface area contributed by atoms with Crippen molar-refractivity contribution in [3.63, 3.8) is 0 Å². The maximum atomic E-state index is 5.91. The standard InChI is InChI=1S/C16H28N2OS/c1-5-10-17-13(3)14-11-20-15(18-14)16(19-4)8-6-12(2)7-9-16/h11-13,17H,5-10H2,1-4H3. The van der Waals surface area contributed by atoms with Crippen LogP contribution in [-0.2, 0) is 10.3 Å². The second-order valence-electron chi connectivity index (χ2n) is 6.13. The Labute approximate surface area is 127 Å². The SMILES string of the molecule is CCCNC(C)c1csc(C2(OC)CCC(C)CC2)n1. The van der Waals surface area contributed by atoms with E-state index < -0.39 is 0 Å². The van der Waals surface area contributed by atoms with Crippen LogP contribution in [0.4, 0.5) is 0 Å². The fraction of sp³-hybridized carbons (Fsp3) is 0.812. The quantitative estimate of drug-likeness (QED) is 0.852. The zero-order chi connectivity index (χ0) is 14.6.